The average Bonchev–Trinajstić information content (AvgIpc) is 2.38. The van der Waals surface area contributed by atoms with Crippen molar-refractivity contribution >= 4 is 11.6 Å². The molecular weight excluding hydrogens is 242 g/mol. The predicted octanol–water partition coefficient (Wildman–Crippen LogP) is 4.05. The van der Waals surface area contributed by atoms with Crippen molar-refractivity contribution in [2.75, 3.05) is 6.54 Å². The van der Waals surface area contributed by atoms with Crippen molar-refractivity contribution in [3.8, 4) is 11.8 Å². The fraction of sp³-hybridized carbons (Fsp3) is 0.500. The number of rotatable bonds is 7. The van der Waals surface area contributed by atoms with Crippen molar-refractivity contribution in [1.82, 2.24) is 5.32 Å². The molecule has 1 unspecified atom stereocenters. The zero-order valence-electron chi connectivity index (χ0n) is 11.3. The van der Waals surface area contributed by atoms with E-state index in [1.165, 1.54) is 5.56 Å². The molecule has 98 valence electrons. The zero-order valence-corrected chi connectivity index (χ0v) is 12.1. The van der Waals surface area contributed by atoms with Gasteiger partial charge in [-0.1, -0.05) is 36.7 Å². The zero-order chi connectivity index (χ0) is 13.2. The van der Waals surface area contributed by atoms with Crippen LogP contribution in [0.1, 0.15) is 38.7 Å². The van der Waals surface area contributed by atoms with Gasteiger partial charge in [0.2, 0.25) is 0 Å². The van der Waals surface area contributed by atoms with Crippen LogP contribution >= 0.6 is 11.6 Å². The summed E-state index contributed by atoms with van der Waals surface area (Å²) in [6, 6.07) is 8.55. The SMILES string of the molecule is CC#CCCC(Cc1ccccc1Cl)NCCC. The molecule has 0 bridgehead atoms. The van der Waals surface area contributed by atoms with E-state index in [9.17, 15) is 0 Å². The van der Waals surface area contributed by atoms with Crippen LogP contribution in [0.2, 0.25) is 5.02 Å². The minimum absolute atomic E-state index is 0.464. The van der Waals surface area contributed by atoms with Crippen LogP contribution in [0.3, 0.4) is 0 Å². The van der Waals surface area contributed by atoms with Crippen molar-refractivity contribution < 1.29 is 0 Å². The fourth-order valence-corrected chi connectivity index (χ4v) is 2.14. The van der Waals surface area contributed by atoms with Crippen LogP contribution in [0.5, 0.6) is 0 Å². The second-order valence-electron chi connectivity index (χ2n) is 4.41. The largest absolute Gasteiger partial charge is 0.314 e. The summed E-state index contributed by atoms with van der Waals surface area (Å²) in [5.41, 5.74) is 1.22. The molecule has 0 radical (unpaired) electrons. The summed E-state index contributed by atoms with van der Waals surface area (Å²) in [5.74, 6) is 6.08. The molecule has 0 fully saturated rings. The number of hydrogen-bond acceptors (Lipinski definition) is 1. The molecular formula is C16H22ClN. The fourth-order valence-electron chi connectivity index (χ4n) is 1.93. The Morgan fingerprint density at radius 3 is 2.78 bits per heavy atom. The Labute approximate surface area is 116 Å². The molecule has 0 aliphatic rings. The van der Waals surface area contributed by atoms with Crippen LogP contribution in [0.25, 0.3) is 0 Å². The van der Waals surface area contributed by atoms with Gasteiger partial charge < -0.3 is 5.32 Å². The molecule has 1 atom stereocenters. The molecule has 1 aromatic carbocycles. The number of nitrogens with one attached hydrogen (secondary N) is 1. The highest BCUT2D eigenvalue weighted by molar-refractivity contribution is 6.31. The van der Waals surface area contributed by atoms with Crippen LogP contribution < -0.4 is 5.32 Å². The standard InChI is InChI=1S/C16H22ClN/c1-3-5-6-10-15(18-12-4-2)13-14-9-7-8-11-16(14)17/h7-9,11,15,18H,4,6,10,12-13H2,1-2H3. The molecule has 0 heterocycles. The highest BCUT2D eigenvalue weighted by Crippen LogP contribution is 2.18. The summed E-state index contributed by atoms with van der Waals surface area (Å²) < 4.78 is 0. The third-order valence-corrected chi connectivity index (χ3v) is 3.27. The molecule has 1 N–H and O–H groups in total. The van der Waals surface area contributed by atoms with Crippen molar-refractivity contribution in [2.45, 2.75) is 45.6 Å². The van der Waals surface area contributed by atoms with E-state index in [0.29, 0.717) is 6.04 Å². The third-order valence-electron chi connectivity index (χ3n) is 2.90. The second-order valence-corrected chi connectivity index (χ2v) is 4.82. The lowest BCUT2D eigenvalue weighted by atomic mass is 10.0. The van der Waals surface area contributed by atoms with Gasteiger partial charge in [0.15, 0.2) is 0 Å². The Hall–Kier alpha value is -0.970. The maximum atomic E-state index is 6.21. The van der Waals surface area contributed by atoms with Gasteiger partial charge in [-0.25, -0.2) is 0 Å². The Balaban J connectivity index is 2.58. The van der Waals surface area contributed by atoms with Gasteiger partial charge in [0.05, 0.1) is 0 Å². The molecule has 0 aliphatic carbocycles. The van der Waals surface area contributed by atoms with Gasteiger partial charge in [-0.15, -0.1) is 11.8 Å². The first-order valence-corrected chi connectivity index (χ1v) is 7.02. The van der Waals surface area contributed by atoms with Crippen LogP contribution in [-0.4, -0.2) is 12.6 Å². The van der Waals surface area contributed by atoms with Gasteiger partial charge in [0.25, 0.3) is 0 Å². The van der Waals surface area contributed by atoms with Gasteiger partial charge in [0, 0.05) is 17.5 Å². The van der Waals surface area contributed by atoms with E-state index in [0.717, 1.165) is 37.3 Å². The first kappa shape index (κ1) is 15.1. The van der Waals surface area contributed by atoms with Gasteiger partial charge >= 0.3 is 0 Å². The molecule has 1 nitrogen and oxygen atoms in total. The quantitative estimate of drug-likeness (QED) is 0.732. The second kappa shape index (κ2) is 9.03. The van der Waals surface area contributed by atoms with E-state index >= 15 is 0 Å². The first-order chi connectivity index (χ1) is 8.77. The Bertz CT molecular complexity index is 403. The smallest absolute Gasteiger partial charge is 0.0438 e. The molecule has 1 aromatic rings. The molecule has 2 heteroatoms. The highest BCUT2D eigenvalue weighted by atomic mass is 35.5. The number of halogens is 1. The molecule has 0 aliphatic heterocycles. The van der Waals surface area contributed by atoms with E-state index < -0.39 is 0 Å². The maximum Gasteiger partial charge on any atom is 0.0438 e. The third kappa shape index (κ3) is 5.58. The first-order valence-electron chi connectivity index (χ1n) is 6.64. The summed E-state index contributed by atoms with van der Waals surface area (Å²) in [6.07, 6.45) is 4.15. The van der Waals surface area contributed by atoms with Crippen molar-refractivity contribution in [3.05, 3.63) is 34.9 Å². The van der Waals surface area contributed by atoms with Crippen molar-refractivity contribution in [3.63, 3.8) is 0 Å². The van der Waals surface area contributed by atoms with Crippen LogP contribution in [0.15, 0.2) is 24.3 Å². The molecule has 0 amide bonds. The highest BCUT2D eigenvalue weighted by Gasteiger charge is 2.10. The van der Waals surface area contributed by atoms with Crippen LogP contribution in [-0.2, 0) is 6.42 Å². The summed E-state index contributed by atoms with van der Waals surface area (Å²) in [7, 11) is 0. The van der Waals surface area contributed by atoms with Gasteiger partial charge in [0.1, 0.15) is 0 Å². The lowest BCUT2D eigenvalue weighted by molar-refractivity contribution is 0.483. The summed E-state index contributed by atoms with van der Waals surface area (Å²) in [5, 5.41) is 4.44. The van der Waals surface area contributed by atoms with E-state index in [1.807, 2.05) is 25.1 Å². The Kier molecular flexibility index (Phi) is 7.57. The number of hydrogen-bond donors (Lipinski definition) is 1. The molecule has 0 spiro atoms. The topological polar surface area (TPSA) is 12.0 Å². The van der Waals surface area contributed by atoms with Gasteiger partial charge in [-0.05, 0) is 44.4 Å². The summed E-state index contributed by atoms with van der Waals surface area (Å²) >= 11 is 6.21. The van der Waals surface area contributed by atoms with E-state index in [4.69, 9.17) is 11.6 Å². The van der Waals surface area contributed by atoms with Gasteiger partial charge in [-0.2, -0.15) is 0 Å². The minimum atomic E-state index is 0.464. The van der Waals surface area contributed by atoms with Crippen LogP contribution in [0.4, 0.5) is 0 Å². The summed E-state index contributed by atoms with van der Waals surface area (Å²) in [4.78, 5) is 0. The Morgan fingerprint density at radius 1 is 1.33 bits per heavy atom. The predicted molar refractivity (Wildman–Crippen MR) is 79.9 cm³/mol. The maximum absolute atomic E-state index is 6.21. The lowest BCUT2D eigenvalue weighted by Gasteiger charge is -2.18. The van der Waals surface area contributed by atoms with Crippen molar-refractivity contribution in [2.24, 2.45) is 0 Å². The molecule has 0 aromatic heterocycles. The minimum Gasteiger partial charge on any atom is -0.314 e. The van der Waals surface area contributed by atoms with E-state index in [1.54, 1.807) is 0 Å². The molecule has 18 heavy (non-hydrogen) atoms. The van der Waals surface area contributed by atoms with E-state index in [2.05, 4.69) is 30.1 Å². The molecule has 0 saturated carbocycles. The normalized spacial score (nSPS) is 11.7. The van der Waals surface area contributed by atoms with E-state index in [-0.39, 0.29) is 0 Å². The summed E-state index contributed by atoms with van der Waals surface area (Å²) in [6.45, 7) is 5.13. The van der Waals surface area contributed by atoms with Gasteiger partial charge in [-0.3, -0.25) is 0 Å². The molecule has 1 rings (SSSR count). The molecule has 0 saturated heterocycles. The monoisotopic (exact) mass is 263 g/mol. The van der Waals surface area contributed by atoms with Crippen LogP contribution in [0, 0.1) is 11.8 Å². The number of benzene rings is 1. The van der Waals surface area contributed by atoms with Crippen molar-refractivity contribution in [1.29, 1.82) is 0 Å². The average molecular weight is 264 g/mol. The lowest BCUT2D eigenvalue weighted by Crippen LogP contribution is -2.31. The Morgan fingerprint density at radius 2 is 2.11 bits per heavy atom.